The summed E-state index contributed by atoms with van der Waals surface area (Å²) in [5, 5.41) is 18.4. The fourth-order valence-electron chi connectivity index (χ4n) is 4.43. The molecule has 0 aromatic carbocycles. The Kier molecular flexibility index (Phi) is 7.58. The van der Waals surface area contributed by atoms with Crippen molar-refractivity contribution in [2.45, 2.75) is 64.1 Å². The van der Waals surface area contributed by atoms with E-state index < -0.39 is 8.07 Å². The molecule has 9 heteroatoms. The second-order valence-corrected chi connectivity index (χ2v) is 15.9. The Labute approximate surface area is 197 Å². The standard InChI is InChI=1S/C24H35N7OSi/c1-33(2,3)13-12-32-18-30-11-7-22-23(27-17-28-24(22)30)20-15-29-31(16-20)21(4-8-25)14-19-5-9-26-10-6-19/h7,11,15-17,19,21,26H,4-6,9-10,12-14,18H2,1-3H3. The van der Waals surface area contributed by atoms with Gasteiger partial charge in [-0.05, 0) is 50.4 Å². The lowest BCUT2D eigenvalue weighted by Gasteiger charge is -2.26. The van der Waals surface area contributed by atoms with E-state index in [1.807, 2.05) is 33.9 Å². The molecule has 0 spiro atoms. The van der Waals surface area contributed by atoms with Crippen molar-refractivity contribution in [2.75, 3.05) is 19.7 Å². The Morgan fingerprint density at radius 2 is 2.09 bits per heavy atom. The predicted molar refractivity (Wildman–Crippen MR) is 132 cm³/mol. The van der Waals surface area contributed by atoms with Gasteiger partial charge in [-0.3, -0.25) is 4.68 Å². The molecule has 33 heavy (non-hydrogen) atoms. The highest BCUT2D eigenvalue weighted by Crippen LogP contribution is 2.30. The van der Waals surface area contributed by atoms with Crippen LogP contribution in [0.1, 0.15) is 31.7 Å². The first-order valence-electron chi connectivity index (χ1n) is 11.9. The van der Waals surface area contributed by atoms with Crippen LogP contribution < -0.4 is 5.32 Å². The second-order valence-electron chi connectivity index (χ2n) is 10.2. The summed E-state index contributed by atoms with van der Waals surface area (Å²) in [5.41, 5.74) is 2.68. The molecule has 1 aliphatic rings. The fraction of sp³-hybridized carbons (Fsp3) is 0.583. The minimum Gasteiger partial charge on any atom is -0.361 e. The maximum Gasteiger partial charge on any atom is 0.145 e. The quantitative estimate of drug-likeness (QED) is 0.351. The van der Waals surface area contributed by atoms with Crippen LogP contribution >= 0.6 is 0 Å². The second kappa shape index (κ2) is 10.6. The van der Waals surface area contributed by atoms with Crippen LogP contribution in [0.2, 0.25) is 25.7 Å². The van der Waals surface area contributed by atoms with E-state index in [0.29, 0.717) is 19.1 Å². The molecule has 1 unspecified atom stereocenters. The maximum atomic E-state index is 9.39. The summed E-state index contributed by atoms with van der Waals surface area (Å²) in [6, 6.07) is 5.64. The smallest absolute Gasteiger partial charge is 0.145 e. The Morgan fingerprint density at radius 3 is 2.85 bits per heavy atom. The Balaban J connectivity index is 1.50. The molecule has 1 aliphatic heterocycles. The summed E-state index contributed by atoms with van der Waals surface area (Å²) in [6.45, 7) is 10.5. The minimum atomic E-state index is -1.11. The van der Waals surface area contributed by atoms with E-state index in [0.717, 1.165) is 67.3 Å². The average molecular weight is 466 g/mol. The van der Waals surface area contributed by atoms with Gasteiger partial charge in [0.1, 0.15) is 18.7 Å². The van der Waals surface area contributed by atoms with Gasteiger partial charge in [0.15, 0.2) is 0 Å². The lowest BCUT2D eigenvalue weighted by molar-refractivity contribution is 0.0899. The molecule has 8 nitrogen and oxygen atoms in total. The number of nitrogens with one attached hydrogen (secondary N) is 1. The summed E-state index contributed by atoms with van der Waals surface area (Å²) in [5.74, 6) is 0.637. The molecule has 0 saturated carbocycles. The van der Waals surface area contributed by atoms with E-state index >= 15 is 0 Å². The van der Waals surface area contributed by atoms with Gasteiger partial charge in [0.25, 0.3) is 0 Å². The molecule has 1 saturated heterocycles. The van der Waals surface area contributed by atoms with Crippen molar-refractivity contribution in [3.05, 3.63) is 31.0 Å². The van der Waals surface area contributed by atoms with Crippen LogP contribution in [0.4, 0.5) is 0 Å². The molecule has 3 aromatic heterocycles. The summed E-state index contributed by atoms with van der Waals surface area (Å²) in [6.07, 6.45) is 11.3. The number of fused-ring (bicyclic) bond motifs is 1. The molecular weight excluding hydrogens is 430 g/mol. The highest BCUT2D eigenvalue weighted by Gasteiger charge is 2.22. The SMILES string of the molecule is C[Si](C)(C)CCOCn1ccc2c(-c3cnn(C(CC#N)CC4CCNCC4)c3)ncnc21. The van der Waals surface area contributed by atoms with E-state index in [1.165, 1.54) is 0 Å². The van der Waals surface area contributed by atoms with Crippen LogP contribution in [0.3, 0.4) is 0 Å². The minimum absolute atomic E-state index is 0.0912. The van der Waals surface area contributed by atoms with Crippen molar-refractivity contribution in [1.82, 2.24) is 29.6 Å². The molecule has 0 radical (unpaired) electrons. The molecule has 0 amide bonds. The summed E-state index contributed by atoms with van der Waals surface area (Å²) < 4.78 is 9.92. The van der Waals surface area contributed by atoms with Gasteiger partial charge >= 0.3 is 0 Å². The Morgan fingerprint density at radius 1 is 1.27 bits per heavy atom. The number of nitrogens with zero attached hydrogens (tertiary/aromatic N) is 6. The van der Waals surface area contributed by atoms with Crippen molar-refractivity contribution in [2.24, 2.45) is 5.92 Å². The van der Waals surface area contributed by atoms with Crippen molar-refractivity contribution < 1.29 is 4.74 Å². The van der Waals surface area contributed by atoms with Crippen LogP contribution in [0, 0.1) is 17.2 Å². The van der Waals surface area contributed by atoms with Crippen molar-refractivity contribution in [1.29, 1.82) is 5.26 Å². The highest BCUT2D eigenvalue weighted by molar-refractivity contribution is 6.76. The molecule has 176 valence electrons. The molecule has 1 N–H and O–H groups in total. The number of hydrogen-bond acceptors (Lipinski definition) is 6. The van der Waals surface area contributed by atoms with Gasteiger partial charge in [0.05, 0.1) is 30.4 Å². The zero-order chi connectivity index (χ0) is 23.3. The molecule has 1 fully saturated rings. The molecule has 0 bridgehead atoms. The van der Waals surface area contributed by atoms with E-state index in [-0.39, 0.29) is 6.04 Å². The molecule has 0 aliphatic carbocycles. The van der Waals surface area contributed by atoms with Crippen molar-refractivity contribution in [3.8, 4) is 17.3 Å². The molecule has 4 rings (SSSR count). The van der Waals surface area contributed by atoms with E-state index in [2.05, 4.69) is 46.1 Å². The number of piperidine rings is 1. The third-order valence-electron chi connectivity index (χ3n) is 6.42. The summed E-state index contributed by atoms with van der Waals surface area (Å²) >= 11 is 0. The van der Waals surface area contributed by atoms with Gasteiger partial charge in [-0.25, -0.2) is 9.97 Å². The number of nitriles is 1. The van der Waals surface area contributed by atoms with Crippen molar-refractivity contribution >= 4 is 19.1 Å². The highest BCUT2D eigenvalue weighted by atomic mass is 28.3. The van der Waals surface area contributed by atoms with Gasteiger partial charge in [-0.2, -0.15) is 10.4 Å². The largest absolute Gasteiger partial charge is 0.361 e. The first-order valence-corrected chi connectivity index (χ1v) is 15.6. The van der Waals surface area contributed by atoms with Crippen LogP contribution in [-0.2, 0) is 11.5 Å². The van der Waals surface area contributed by atoms with Gasteiger partial charge in [0.2, 0.25) is 0 Å². The number of ether oxygens (including phenoxy) is 1. The topological polar surface area (TPSA) is 93.6 Å². The first kappa shape index (κ1) is 23.6. The Bertz CT molecular complexity index is 1090. The Hall–Kier alpha value is -2.54. The third-order valence-corrected chi connectivity index (χ3v) is 8.13. The van der Waals surface area contributed by atoms with E-state index in [1.54, 1.807) is 6.33 Å². The summed E-state index contributed by atoms with van der Waals surface area (Å²) in [4.78, 5) is 9.08. The zero-order valence-corrected chi connectivity index (χ0v) is 21.0. The lowest BCUT2D eigenvalue weighted by atomic mass is 9.90. The molecule has 3 aromatic rings. The van der Waals surface area contributed by atoms with Gasteiger partial charge < -0.3 is 14.6 Å². The monoisotopic (exact) mass is 465 g/mol. The van der Waals surface area contributed by atoms with Gasteiger partial charge in [-0.15, -0.1) is 0 Å². The normalized spacial score (nSPS) is 16.2. The average Bonchev–Trinajstić information content (AvgIpc) is 3.44. The fourth-order valence-corrected chi connectivity index (χ4v) is 5.19. The van der Waals surface area contributed by atoms with Crippen LogP contribution in [-0.4, -0.2) is 52.1 Å². The molecular formula is C24H35N7OSi. The van der Waals surface area contributed by atoms with Crippen molar-refractivity contribution in [3.63, 3.8) is 0 Å². The van der Waals surface area contributed by atoms with Crippen LogP contribution in [0.5, 0.6) is 0 Å². The lowest BCUT2D eigenvalue weighted by Crippen LogP contribution is -2.29. The maximum absolute atomic E-state index is 9.39. The number of hydrogen-bond donors (Lipinski definition) is 1. The van der Waals surface area contributed by atoms with Crippen LogP contribution in [0.15, 0.2) is 31.0 Å². The predicted octanol–water partition coefficient (Wildman–Crippen LogP) is 4.45. The van der Waals surface area contributed by atoms with Crippen LogP contribution in [0.25, 0.3) is 22.3 Å². The first-order chi connectivity index (χ1) is 15.9. The number of rotatable bonds is 10. The number of aromatic nitrogens is 5. The van der Waals surface area contributed by atoms with Gasteiger partial charge in [-0.1, -0.05) is 19.6 Å². The molecule has 4 heterocycles. The van der Waals surface area contributed by atoms with E-state index in [4.69, 9.17) is 4.74 Å². The third kappa shape index (κ3) is 6.08. The molecule has 1 atom stereocenters. The summed E-state index contributed by atoms with van der Waals surface area (Å²) in [7, 11) is -1.11. The zero-order valence-electron chi connectivity index (χ0n) is 20.0. The van der Waals surface area contributed by atoms with E-state index in [9.17, 15) is 5.26 Å². The van der Waals surface area contributed by atoms with Gasteiger partial charge in [0, 0.05) is 38.0 Å².